The third kappa shape index (κ3) is 11.0. The van der Waals surface area contributed by atoms with Crippen molar-refractivity contribution in [3.8, 4) is 5.75 Å². The van der Waals surface area contributed by atoms with Gasteiger partial charge in [0.1, 0.15) is 12.4 Å². The van der Waals surface area contributed by atoms with E-state index < -0.39 is 12.1 Å². The number of hydrogen-bond acceptors (Lipinski definition) is 6. The molecule has 1 fully saturated rings. The third-order valence-corrected chi connectivity index (χ3v) is 5.87. The zero-order valence-electron chi connectivity index (χ0n) is 21.7. The molecule has 1 aromatic heterocycles. The number of halogens is 4. The van der Waals surface area contributed by atoms with Gasteiger partial charge in [0.25, 0.3) is 5.91 Å². The number of carboxylic acids is 1. The molecule has 39 heavy (non-hydrogen) atoms. The van der Waals surface area contributed by atoms with Crippen LogP contribution in [0.5, 0.6) is 5.75 Å². The van der Waals surface area contributed by atoms with Crippen molar-refractivity contribution in [2.45, 2.75) is 45.3 Å². The van der Waals surface area contributed by atoms with E-state index >= 15 is 0 Å². The lowest BCUT2D eigenvalue weighted by atomic mass is 10.1. The minimum Gasteiger partial charge on any atom is -0.492 e. The highest BCUT2D eigenvalue weighted by Crippen LogP contribution is 2.23. The maximum absolute atomic E-state index is 13.2. The van der Waals surface area contributed by atoms with E-state index in [2.05, 4.69) is 10.3 Å². The van der Waals surface area contributed by atoms with E-state index in [1.807, 2.05) is 30.9 Å². The van der Waals surface area contributed by atoms with Crippen LogP contribution in [-0.4, -0.2) is 82.7 Å². The lowest BCUT2D eigenvalue weighted by Gasteiger charge is -2.28. The monoisotopic (exact) mass is 572 g/mol. The SMILES string of the molecule is CC(C)N(CCC(=O)N1CCCC1)C(=O)c1cc(Cl)cc(OCCNc2ccncc2)c1.O=C(O)C(F)(F)F. The Hall–Kier alpha value is -3.54. The predicted molar refractivity (Wildman–Crippen MR) is 140 cm³/mol. The lowest BCUT2D eigenvalue weighted by Crippen LogP contribution is -2.40. The van der Waals surface area contributed by atoms with Crippen molar-refractivity contribution in [3.63, 3.8) is 0 Å². The summed E-state index contributed by atoms with van der Waals surface area (Å²) in [5, 5.41) is 10.8. The molecule has 2 heterocycles. The molecule has 0 atom stereocenters. The number of anilines is 1. The Morgan fingerprint density at radius 1 is 1.15 bits per heavy atom. The second kappa shape index (κ2) is 15.2. The molecule has 3 rings (SSSR count). The van der Waals surface area contributed by atoms with Crippen LogP contribution < -0.4 is 10.1 Å². The molecule has 0 bridgehead atoms. The van der Waals surface area contributed by atoms with Crippen LogP contribution in [0.25, 0.3) is 0 Å². The molecule has 0 unspecified atom stereocenters. The van der Waals surface area contributed by atoms with E-state index in [-0.39, 0.29) is 17.9 Å². The number of carboxylic acid groups (broad SMARTS) is 1. The van der Waals surface area contributed by atoms with Crippen LogP contribution in [0.1, 0.15) is 43.5 Å². The Morgan fingerprint density at radius 3 is 2.33 bits per heavy atom. The number of alkyl halides is 3. The Labute approximate surface area is 229 Å². The van der Waals surface area contributed by atoms with Crippen LogP contribution in [-0.2, 0) is 9.59 Å². The van der Waals surface area contributed by atoms with Gasteiger partial charge in [-0.15, -0.1) is 0 Å². The first kappa shape index (κ1) is 31.7. The quantitative estimate of drug-likeness (QED) is 0.396. The number of hydrogen-bond donors (Lipinski definition) is 2. The zero-order chi connectivity index (χ0) is 29.0. The Kier molecular flexibility index (Phi) is 12.3. The standard InChI is InChI=1S/C24H31ClN4O3.C2HF3O2/c1-18(2)29(13-7-23(30)28-11-3-4-12-28)24(31)19-15-20(25)17-22(16-19)32-14-10-27-21-5-8-26-9-6-21;3-2(4,5)1(6)7/h5-6,8-9,15-18H,3-4,7,10-14H2,1-2H3,(H,26,27);(H,6,7). The molecule has 13 heteroatoms. The van der Waals surface area contributed by atoms with E-state index in [0.717, 1.165) is 31.6 Å². The average molecular weight is 573 g/mol. The molecule has 1 aromatic carbocycles. The highest BCUT2D eigenvalue weighted by atomic mass is 35.5. The zero-order valence-corrected chi connectivity index (χ0v) is 22.5. The van der Waals surface area contributed by atoms with Gasteiger partial charge in [-0.3, -0.25) is 14.6 Å². The number of aliphatic carboxylic acids is 1. The van der Waals surface area contributed by atoms with Crippen molar-refractivity contribution in [2.75, 3.05) is 38.1 Å². The van der Waals surface area contributed by atoms with E-state index in [9.17, 15) is 22.8 Å². The number of carbonyl (C=O) groups is 3. The molecule has 2 N–H and O–H groups in total. The summed E-state index contributed by atoms with van der Waals surface area (Å²) in [6.07, 6.45) is 0.798. The summed E-state index contributed by atoms with van der Waals surface area (Å²) in [7, 11) is 0. The molecule has 1 aliphatic heterocycles. The summed E-state index contributed by atoms with van der Waals surface area (Å²) in [5.74, 6) is -2.27. The van der Waals surface area contributed by atoms with Gasteiger partial charge in [0, 0.05) is 67.3 Å². The summed E-state index contributed by atoms with van der Waals surface area (Å²) in [4.78, 5) is 42.1. The van der Waals surface area contributed by atoms with Crippen molar-refractivity contribution < 1.29 is 37.4 Å². The Balaban J connectivity index is 0.000000673. The minimum absolute atomic E-state index is 0.0400. The summed E-state index contributed by atoms with van der Waals surface area (Å²) in [6, 6.07) is 8.77. The first-order valence-electron chi connectivity index (χ1n) is 12.3. The molecular formula is C26H32ClF3N4O5. The number of nitrogens with zero attached hydrogens (tertiary/aromatic N) is 3. The van der Waals surface area contributed by atoms with Crippen molar-refractivity contribution >= 4 is 35.1 Å². The Morgan fingerprint density at radius 2 is 1.77 bits per heavy atom. The van der Waals surface area contributed by atoms with Gasteiger partial charge in [-0.25, -0.2) is 4.79 Å². The first-order chi connectivity index (χ1) is 18.4. The number of carbonyl (C=O) groups excluding carboxylic acids is 2. The summed E-state index contributed by atoms with van der Waals surface area (Å²) in [5.41, 5.74) is 1.42. The highest BCUT2D eigenvalue weighted by molar-refractivity contribution is 6.31. The van der Waals surface area contributed by atoms with E-state index in [4.69, 9.17) is 26.2 Å². The number of aromatic nitrogens is 1. The predicted octanol–water partition coefficient (Wildman–Crippen LogP) is 4.72. The third-order valence-electron chi connectivity index (χ3n) is 5.65. The number of amides is 2. The number of likely N-dealkylation sites (tertiary alicyclic amines) is 1. The smallest absolute Gasteiger partial charge is 0.490 e. The van der Waals surface area contributed by atoms with E-state index in [1.54, 1.807) is 35.5 Å². The van der Waals surface area contributed by atoms with Gasteiger partial charge in [0.05, 0.1) is 0 Å². The van der Waals surface area contributed by atoms with Gasteiger partial charge in [-0.05, 0) is 57.0 Å². The molecule has 0 saturated carbocycles. The van der Waals surface area contributed by atoms with E-state index in [1.165, 1.54) is 0 Å². The second-order valence-corrected chi connectivity index (χ2v) is 9.36. The van der Waals surface area contributed by atoms with Gasteiger partial charge < -0.3 is 25.0 Å². The van der Waals surface area contributed by atoms with Crippen LogP contribution in [0.3, 0.4) is 0 Å². The molecule has 1 aliphatic rings. The number of ether oxygens (including phenoxy) is 1. The van der Waals surface area contributed by atoms with Gasteiger partial charge in [-0.2, -0.15) is 13.2 Å². The molecule has 214 valence electrons. The molecule has 9 nitrogen and oxygen atoms in total. The fourth-order valence-corrected chi connectivity index (χ4v) is 3.93. The van der Waals surface area contributed by atoms with Crippen LogP contribution in [0.2, 0.25) is 5.02 Å². The van der Waals surface area contributed by atoms with Crippen molar-refractivity contribution in [2.24, 2.45) is 0 Å². The van der Waals surface area contributed by atoms with Crippen LogP contribution in [0.4, 0.5) is 18.9 Å². The second-order valence-electron chi connectivity index (χ2n) is 8.92. The molecule has 0 radical (unpaired) electrons. The van der Waals surface area contributed by atoms with Gasteiger partial charge >= 0.3 is 12.1 Å². The summed E-state index contributed by atoms with van der Waals surface area (Å²) >= 11 is 6.27. The summed E-state index contributed by atoms with van der Waals surface area (Å²) < 4.78 is 37.5. The molecule has 0 spiro atoms. The lowest BCUT2D eigenvalue weighted by molar-refractivity contribution is -0.192. The summed E-state index contributed by atoms with van der Waals surface area (Å²) in [6.45, 7) is 6.92. The van der Waals surface area contributed by atoms with Crippen LogP contribution >= 0.6 is 11.6 Å². The fourth-order valence-electron chi connectivity index (χ4n) is 3.70. The molecular weight excluding hydrogens is 541 g/mol. The normalized spacial score (nSPS) is 12.9. The van der Waals surface area contributed by atoms with E-state index in [0.29, 0.717) is 42.5 Å². The number of pyridine rings is 1. The van der Waals surface area contributed by atoms with Crippen molar-refractivity contribution in [1.82, 2.24) is 14.8 Å². The van der Waals surface area contributed by atoms with Gasteiger partial charge in [0.2, 0.25) is 5.91 Å². The maximum Gasteiger partial charge on any atom is 0.490 e. The molecule has 1 saturated heterocycles. The van der Waals surface area contributed by atoms with Crippen LogP contribution in [0.15, 0.2) is 42.7 Å². The molecule has 2 aromatic rings. The topological polar surface area (TPSA) is 112 Å². The first-order valence-corrected chi connectivity index (χ1v) is 12.7. The minimum atomic E-state index is -5.08. The number of benzene rings is 1. The molecule has 0 aliphatic carbocycles. The highest BCUT2D eigenvalue weighted by Gasteiger charge is 2.38. The Bertz CT molecular complexity index is 1100. The van der Waals surface area contributed by atoms with Crippen molar-refractivity contribution in [1.29, 1.82) is 0 Å². The van der Waals surface area contributed by atoms with Crippen molar-refractivity contribution in [3.05, 3.63) is 53.3 Å². The van der Waals surface area contributed by atoms with Gasteiger partial charge in [0.15, 0.2) is 0 Å². The maximum atomic E-state index is 13.2. The fraction of sp³-hybridized carbons (Fsp3) is 0.462. The van der Waals surface area contributed by atoms with Crippen LogP contribution in [0, 0.1) is 0 Å². The number of rotatable bonds is 10. The molecule has 2 amide bonds. The van der Waals surface area contributed by atoms with Gasteiger partial charge in [-0.1, -0.05) is 11.6 Å². The average Bonchev–Trinajstić information content (AvgIpc) is 3.42. The largest absolute Gasteiger partial charge is 0.492 e. The number of nitrogens with one attached hydrogen (secondary N) is 1.